The van der Waals surface area contributed by atoms with E-state index in [1.165, 1.54) is 6.42 Å². The lowest BCUT2D eigenvalue weighted by Crippen LogP contribution is -2.39. The second-order valence-electron chi connectivity index (χ2n) is 5.40. The maximum absolute atomic E-state index is 10.1. The quantitative estimate of drug-likeness (QED) is 0.924. The number of para-hydroxylation sites is 1. The monoisotopic (exact) mass is 326 g/mol. The van der Waals surface area contributed by atoms with Gasteiger partial charge in [-0.15, -0.1) is 0 Å². The number of aromatic hydroxyl groups is 1. The number of phenols is 1. The van der Waals surface area contributed by atoms with Gasteiger partial charge in [0, 0.05) is 31.2 Å². The van der Waals surface area contributed by atoms with E-state index in [0.717, 1.165) is 42.6 Å². The van der Waals surface area contributed by atoms with Gasteiger partial charge < -0.3 is 10.0 Å². The first kappa shape index (κ1) is 14.8. The Morgan fingerprint density at radius 1 is 1.37 bits per heavy atom. The number of phenolic OH excluding ortho intramolecular Hbond substituents is 1. The minimum absolute atomic E-state index is 0.384. The average molecular weight is 327 g/mol. The van der Waals surface area contributed by atoms with Gasteiger partial charge in [-0.2, -0.15) is 0 Å². The number of rotatable bonds is 3. The van der Waals surface area contributed by atoms with Crippen LogP contribution in [0, 0.1) is 0 Å². The van der Waals surface area contributed by atoms with E-state index in [0.29, 0.717) is 11.8 Å². The number of halogens is 1. The lowest BCUT2D eigenvalue weighted by Gasteiger charge is -2.30. The molecule has 1 atom stereocenters. The summed E-state index contributed by atoms with van der Waals surface area (Å²) in [7, 11) is 2.20. The zero-order chi connectivity index (χ0) is 13.8. The fourth-order valence-electron chi connectivity index (χ4n) is 2.79. The second kappa shape index (κ2) is 6.73. The Bertz CT molecular complexity index is 425. The minimum atomic E-state index is 0.384. The van der Waals surface area contributed by atoms with Crippen LogP contribution in [0.5, 0.6) is 5.75 Å². The highest BCUT2D eigenvalue weighted by molar-refractivity contribution is 9.10. The smallest absolute Gasteiger partial charge is 0.134 e. The van der Waals surface area contributed by atoms with Crippen LogP contribution in [0.2, 0.25) is 0 Å². The van der Waals surface area contributed by atoms with Gasteiger partial charge in [-0.05, 0) is 48.4 Å². The van der Waals surface area contributed by atoms with E-state index in [2.05, 4.69) is 39.7 Å². The van der Waals surface area contributed by atoms with E-state index in [4.69, 9.17) is 0 Å². The fourth-order valence-corrected chi connectivity index (χ4v) is 3.20. The summed E-state index contributed by atoms with van der Waals surface area (Å²) in [5, 5.41) is 10.1. The number of nitrogens with zero attached hydrogens (tertiary/aromatic N) is 2. The van der Waals surface area contributed by atoms with Gasteiger partial charge in [0.05, 0.1) is 4.47 Å². The van der Waals surface area contributed by atoms with Crippen LogP contribution in [-0.2, 0) is 6.54 Å². The lowest BCUT2D eigenvalue weighted by atomic mass is 10.1. The Labute approximate surface area is 124 Å². The summed E-state index contributed by atoms with van der Waals surface area (Å²) in [6, 6.07) is 6.46. The van der Waals surface area contributed by atoms with E-state index in [1.54, 1.807) is 0 Å². The molecule has 4 heteroatoms. The largest absolute Gasteiger partial charge is 0.506 e. The highest BCUT2D eigenvalue weighted by Gasteiger charge is 2.22. The SMILES string of the molecule is CCC1CN(C)CCCN1Cc1cccc(Br)c1O. The first-order valence-electron chi connectivity index (χ1n) is 7.00. The third-order valence-electron chi connectivity index (χ3n) is 3.94. The third-order valence-corrected chi connectivity index (χ3v) is 4.58. The van der Waals surface area contributed by atoms with Crippen LogP contribution >= 0.6 is 15.9 Å². The predicted molar refractivity (Wildman–Crippen MR) is 82.4 cm³/mol. The van der Waals surface area contributed by atoms with E-state index < -0.39 is 0 Å². The van der Waals surface area contributed by atoms with Crippen molar-refractivity contribution in [3.05, 3.63) is 28.2 Å². The second-order valence-corrected chi connectivity index (χ2v) is 6.25. The molecule has 0 bridgehead atoms. The van der Waals surface area contributed by atoms with Crippen LogP contribution in [0.3, 0.4) is 0 Å². The first-order valence-corrected chi connectivity index (χ1v) is 7.80. The van der Waals surface area contributed by atoms with Gasteiger partial charge in [0.25, 0.3) is 0 Å². The standard InChI is InChI=1S/C15H23BrN2O/c1-3-13-11-17(2)8-5-9-18(13)10-12-6-4-7-14(16)15(12)19/h4,6-7,13,19H,3,5,8-11H2,1-2H3. The molecule has 1 saturated heterocycles. The molecule has 1 aromatic carbocycles. The Kier molecular flexibility index (Phi) is 5.25. The summed E-state index contributed by atoms with van der Waals surface area (Å²) in [6.45, 7) is 6.47. The molecule has 0 amide bonds. The summed E-state index contributed by atoms with van der Waals surface area (Å²) < 4.78 is 0.782. The van der Waals surface area contributed by atoms with E-state index in [-0.39, 0.29) is 0 Å². The van der Waals surface area contributed by atoms with Crippen molar-refractivity contribution in [1.82, 2.24) is 9.80 Å². The fraction of sp³-hybridized carbons (Fsp3) is 0.600. The molecule has 106 valence electrons. The Morgan fingerprint density at radius 2 is 2.16 bits per heavy atom. The van der Waals surface area contributed by atoms with Crippen LogP contribution in [0.1, 0.15) is 25.3 Å². The van der Waals surface area contributed by atoms with Crippen molar-refractivity contribution in [3.63, 3.8) is 0 Å². The molecule has 1 aromatic rings. The molecule has 1 aliphatic rings. The third kappa shape index (κ3) is 3.71. The molecule has 0 aromatic heterocycles. The molecule has 19 heavy (non-hydrogen) atoms. The van der Waals surface area contributed by atoms with Crippen molar-refractivity contribution in [2.45, 2.75) is 32.4 Å². The minimum Gasteiger partial charge on any atom is -0.506 e. The summed E-state index contributed by atoms with van der Waals surface area (Å²) in [5.74, 6) is 0.384. The van der Waals surface area contributed by atoms with Crippen molar-refractivity contribution in [3.8, 4) is 5.75 Å². The normalized spacial score (nSPS) is 22.4. The van der Waals surface area contributed by atoms with Crippen molar-refractivity contribution < 1.29 is 5.11 Å². The molecule has 1 N–H and O–H groups in total. The molecular weight excluding hydrogens is 304 g/mol. The Morgan fingerprint density at radius 3 is 2.89 bits per heavy atom. The van der Waals surface area contributed by atoms with Gasteiger partial charge in [0.1, 0.15) is 5.75 Å². The predicted octanol–water partition coefficient (Wildman–Crippen LogP) is 3.07. The number of hydrogen-bond acceptors (Lipinski definition) is 3. The Balaban J connectivity index is 2.13. The molecule has 0 spiro atoms. The van der Waals surface area contributed by atoms with E-state index >= 15 is 0 Å². The van der Waals surface area contributed by atoms with Crippen molar-refractivity contribution >= 4 is 15.9 Å². The van der Waals surface area contributed by atoms with Crippen LogP contribution in [0.25, 0.3) is 0 Å². The van der Waals surface area contributed by atoms with Gasteiger partial charge in [-0.25, -0.2) is 0 Å². The number of hydrogen-bond donors (Lipinski definition) is 1. The van der Waals surface area contributed by atoms with Gasteiger partial charge in [-0.3, -0.25) is 4.90 Å². The van der Waals surface area contributed by atoms with Gasteiger partial charge in [0.2, 0.25) is 0 Å². The van der Waals surface area contributed by atoms with E-state index in [9.17, 15) is 5.11 Å². The molecular formula is C15H23BrN2O. The molecule has 0 radical (unpaired) electrons. The van der Waals surface area contributed by atoms with Crippen molar-refractivity contribution in [1.29, 1.82) is 0 Å². The molecule has 3 nitrogen and oxygen atoms in total. The Hall–Kier alpha value is -0.580. The number of benzene rings is 1. The molecule has 1 fully saturated rings. The highest BCUT2D eigenvalue weighted by atomic mass is 79.9. The van der Waals surface area contributed by atoms with E-state index in [1.807, 2.05) is 18.2 Å². The average Bonchev–Trinajstić information content (AvgIpc) is 2.57. The molecule has 1 heterocycles. The van der Waals surface area contributed by atoms with Crippen LogP contribution < -0.4 is 0 Å². The zero-order valence-corrected chi connectivity index (χ0v) is 13.4. The molecule has 2 rings (SSSR count). The topological polar surface area (TPSA) is 26.7 Å². The first-order chi connectivity index (χ1) is 9.11. The number of likely N-dealkylation sites (N-methyl/N-ethyl adjacent to an activating group) is 1. The van der Waals surface area contributed by atoms with Crippen LogP contribution in [-0.4, -0.2) is 47.6 Å². The van der Waals surface area contributed by atoms with Crippen LogP contribution in [0.4, 0.5) is 0 Å². The molecule has 1 aliphatic heterocycles. The summed E-state index contributed by atoms with van der Waals surface area (Å²) >= 11 is 3.39. The zero-order valence-electron chi connectivity index (χ0n) is 11.8. The maximum atomic E-state index is 10.1. The van der Waals surface area contributed by atoms with Gasteiger partial charge in [-0.1, -0.05) is 19.1 Å². The molecule has 0 saturated carbocycles. The van der Waals surface area contributed by atoms with Crippen molar-refractivity contribution in [2.24, 2.45) is 0 Å². The van der Waals surface area contributed by atoms with Gasteiger partial charge >= 0.3 is 0 Å². The molecule has 1 unspecified atom stereocenters. The van der Waals surface area contributed by atoms with Crippen molar-refractivity contribution in [2.75, 3.05) is 26.7 Å². The highest BCUT2D eigenvalue weighted by Crippen LogP contribution is 2.29. The van der Waals surface area contributed by atoms with Gasteiger partial charge in [0.15, 0.2) is 0 Å². The lowest BCUT2D eigenvalue weighted by molar-refractivity contribution is 0.174. The van der Waals surface area contributed by atoms with Crippen LogP contribution in [0.15, 0.2) is 22.7 Å². The molecule has 0 aliphatic carbocycles. The summed E-state index contributed by atoms with van der Waals surface area (Å²) in [5.41, 5.74) is 1.01. The summed E-state index contributed by atoms with van der Waals surface area (Å²) in [4.78, 5) is 4.92. The summed E-state index contributed by atoms with van der Waals surface area (Å²) in [6.07, 6.45) is 2.35. The maximum Gasteiger partial charge on any atom is 0.134 e.